The van der Waals surface area contributed by atoms with Gasteiger partial charge in [-0.1, -0.05) is 0 Å². The summed E-state index contributed by atoms with van der Waals surface area (Å²) in [6.45, 7) is 2.53. The van der Waals surface area contributed by atoms with Crippen LogP contribution in [0.5, 0.6) is 11.5 Å². The van der Waals surface area contributed by atoms with E-state index in [0.717, 1.165) is 12.1 Å². The predicted molar refractivity (Wildman–Crippen MR) is 146 cm³/mol. The summed E-state index contributed by atoms with van der Waals surface area (Å²) in [6.07, 6.45) is 0. The van der Waals surface area contributed by atoms with E-state index in [0.29, 0.717) is 0 Å². The van der Waals surface area contributed by atoms with Crippen LogP contribution in [0.3, 0.4) is 0 Å². The normalized spacial score (nSPS) is 11.8. The Morgan fingerprint density at radius 3 is 1.80 bits per heavy atom. The molecule has 0 aliphatic carbocycles. The maximum absolute atomic E-state index is 12.2. The Hall–Kier alpha value is -4.64. The van der Waals surface area contributed by atoms with Crippen molar-refractivity contribution in [1.82, 2.24) is 0 Å². The molecular weight excluding hydrogens is 568 g/mol. The van der Waals surface area contributed by atoms with Crippen LogP contribution in [0.4, 0.5) is 22.7 Å². The summed E-state index contributed by atoms with van der Waals surface area (Å²) in [4.78, 5) is 27.0. The fourth-order valence-corrected chi connectivity index (χ4v) is 5.36. The second kappa shape index (κ2) is 10.2. The minimum atomic E-state index is -4.95. The zero-order valence-electron chi connectivity index (χ0n) is 20.7. The first-order chi connectivity index (χ1) is 18.6. The van der Waals surface area contributed by atoms with Gasteiger partial charge in [0, 0.05) is 58.9 Å². The van der Waals surface area contributed by atoms with Gasteiger partial charge in [0.2, 0.25) is 11.8 Å². The van der Waals surface area contributed by atoms with E-state index in [-0.39, 0.29) is 50.0 Å². The Labute approximate surface area is 227 Å². The molecule has 40 heavy (non-hydrogen) atoms. The van der Waals surface area contributed by atoms with Crippen molar-refractivity contribution in [3.05, 3.63) is 48.5 Å². The van der Waals surface area contributed by atoms with E-state index in [4.69, 9.17) is 10.6 Å². The lowest BCUT2D eigenvalue weighted by atomic mass is 10.1. The third-order valence-electron chi connectivity index (χ3n) is 5.64. The topological polar surface area (TPSA) is 234 Å². The van der Waals surface area contributed by atoms with Crippen molar-refractivity contribution in [2.45, 2.75) is 23.6 Å². The van der Waals surface area contributed by atoms with Crippen LogP contribution in [0.1, 0.15) is 13.8 Å². The molecule has 0 unspecified atom stereocenters. The number of nitrogens with two attached hydrogens (primary N) is 1. The number of hydrogen-bond acceptors (Lipinski definition) is 10. The first-order valence-electron chi connectivity index (χ1n) is 11.1. The Balaban J connectivity index is 1.91. The number of nitrogens with one attached hydrogen (secondary N) is 3. The van der Waals surface area contributed by atoms with E-state index in [9.17, 15) is 40.6 Å². The van der Waals surface area contributed by atoms with Gasteiger partial charge in [0.1, 0.15) is 21.2 Å². The number of nitrogen functional groups attached to an aromatic ring is 1. The van der Waals surface area contributed by atoms with Crippen LogP contribution in [-0.4, -0.2) is 42.9 Å². The monoisotopic (exact) mass is 590 g/mol. The summed E-state index contributed by atoms with van der Waals surface area (Å²) in [7, 11) is -9.82. The molecular formula is C24H22N4O10S2. The molecule has 4 aromatic carbocycles. The SMILES string of the molecule is CC(=O)Nc1ccc2c(NOc3cc(S(=O)(=O)O)c(N)c4cc(NC(C)=O)ccc34)c(S(=O)(=O)O)cc(O)c2c1. The molecule has 4 rings (SSSR count). The highest BCUT2D eigenvalue weighted by Crippen LogP contribution is 2.41. The van der Waals surface area contributed by atoms with Crippen molar-refractivity contribution in [2.24, 2.45) is 0 Å². The lowest BCUT2D eigenvalue weighted by Crippen LogP contribution is -2.13. The number of fused-ring (bicyclic) bond motifs is 2. The average molecular weight is 591 g/mol. The van der Waals surface area contributed by atoms with Crippen molar-refractivity contribution >= 4 is 76.3 Å². The van der Waals surface area contributed by atoms with Crippen molar-refractivity contribution in [1.29, 1.82) is 0 Å². The van der Waals surface area contributed by atoms with Gasteiger partial charge < -0.3 is 26.3 Å². The number of amides is 2. The van der Waals surface area contributed by atoms with Crippen molar-refractivity contribution in [3.63, 3.8) is 0 Å². The van der Waals surface area contributed by atoms with E-state index in [1.807, 2.05) is 0 Å². The molecule has 14 nitrogen and oxygen atoms in total. The highest BCUT2D eigenvalue weighted by atomic mass is 32.2. The van der Waals surface area contributed by atoms with Gasteiger partial charge in [-0.3, -0.25) is 18.7 Å². The van der Waals surface area contributed by atoms with E-state index in [2.05, 4.69) is 16.1 Å². The Morgan fingerprint density at radius 1 is 0.750 bits per heavy atom. The summed E-state index contributed by atoms with van der Waals surface area (Å²) in [5.74, 6) is -1.61. The van der Waals surface area contributed by atoms with Crippen LogP contribution in [0.15, 0.2) is 58.3 Å². The molecule has 2 amide bonds. The third kappa shape index (κ3) is 5.69. The summed E-state index contributed by atoms with van der Waals surface area (Å²) >= 11 is 0. The lowest BCUT2D eigenvalue weighted by molar-refractivity contribution is -0.115. The van der Waals surface area contributed by atoms with E-state index >= 15 is 0 Å². The predicted octanol–water partition coefficient (Wildman–Crippen LogP) is 3.10. The average Bonchev–Trinajstić information content (AvgIpc) is 2.82. The van der Waals surface area contributed by atoms with Crippen molar-refractivity contribution in [2.75, 3.05) is 21.8 Å². The Morgan fingerprint density at radius 2 is 1.27 bits per heavy atom. The number of aromatic hydroxyl groups is 1. The summed E-state index contributed by atoms with van der Waals surface area (Å²) in [5.41, 5.74) is 8.22. The summed E-state index contributed by atoms with van der Waals surface area (Å²) in [5, 5.41) is 15.9. The Kier molecular flexibility index (Phi) is 7.20. The maximum atomic E-state index is 12.2. The molecule has 0 aliphatic rings. The first kappa shape index (κ1) is 28.4. The minimum Gasteiger partial charge on any atom is -0.507 e. The molecule has 0 atom stereocenters. The second-order valence-electron chi connectivity index (χ2n) is 8.59. The second-order valence-corrected chi connectivity index (χ2v) is 11.4. The number of phenols is 1. The molecule has 4 aromatic rings. The molecule has 0 fully saturated rings. The number of carbonyl (C=O) groups is 2. The minimum absolute atomic E-state index is 0.0319. The van der Waals surface area contributed by atoms with Crippen molar-refractivity contribution < 1.29 is 45.5 Å². The van der Waals surface area contributed by atoms with Gasteiger partial charge in [0.05, 0.1) is 5.69 Å². The molecule has 210 valence electrons. The molecule has 0 saturated heterocycles. The van der Waals surface area contributed by atoms with Crippen LogP contribution < -0.4 is 26.7 Å². The van der Waals surface area contributed by atoms with Crippen molar-refractivity contribution in [3.8, 4) is 11.5 Å². The van der Waals surface area contributed by atoms with Gasteiger partial charge in [-0.05, 0) is 36.4 Å². The molecule has 0 heterocycles. The van der Waals surface area contributed by atoms with E-state index in [1.54, 1.807) is 0 Å². The van der Waals surface area contributed by atoms with Crippen LogP contribution in [-0.2, 0) is 29.8 Å². The van der Waals surface area contributed by atoms with Crippen LogP contribution in [0.25, 0.3) is 21.5 Å². The van der Waals surface area contributed by atoms with Gasteiger partial charge in [-0.25, -0.2) is 5.48 Å². The molecule has 0 spiro atoms. The maximum Gasteiger partial charge on any atom is 0.296 e. The number of phenolic OH excluding ortho intramolecular Hbond substituents is 1. The number of rotatable bonds is 7. The first-order valence-corrected chi connectivity index (χ1v) is 14.0. The van der Waals surface area contributed by atoms with Gasteiger partial charge in [-0.15, -0.1) is 0 Å². The molecule has 0 bridgehead atoms. The molecule has 0 radical (unpaired) electrons. The Bertz CT molecular complexity index is 1940. The number of benzene rings is 4. The molecule has 16 heteroatoms. The van der Waals surface area contributed by atoms with Gasteiger partial charge in [0.15, 0.2) is 5.75 Å². The molecule has 0 aromatic heterocycles. The smallest absolute Gasteiger partial charge is 0.296 e. The highest BCUT2D eigenvalue weighted by Gasteiger charge is 2.24. The number of carbonyl (C=O) groups excluding carboxylic acids is 2. The van der Waals surface area contributed by atoms with Crippen LogP contribution in [0, 0.1) is 0 Å². The van der Waals surface area contributed by atoms with E-state index < -0.39 is 47.6 Å². The van der Waals surface area contributed by atoms with Crippen LogP contribution >= 0.6 is 0 Å². The highest BCUT2D eigenvalue weighted by molar-refractivity contribution is 7.86. The van der Waals surface area contributed by atoms with Crippen LogP contribution in [0.2, 0.25) is 0 Å². The molecule has 8 N–H and O–H groups in total. The molecule has 0 saturated carbocycles. The number of hydrogen-bond donors (Lipinski definition) is 7. The molecule has 0 aliphatic heterocycles. The fraction of sp³-hybridized carbons (Fsp3) is 0.0833. The zero-order valence-corrected chi connectivity index (χ0v) is 22.3. The van der Waals surface area contributed by atoms with Gasteiger partial charge >= 0.3 is 0 Å². The zero-order chi connectivity index (χ0) is 29.6. The summed E-state index contributed by atoms with van der Waals surface area (Å²) < 4.78 is 68.0. The quantitative estimate of drug-likeness (QED) is 0.0712. The van der Waals surface area contributed by atoms with Gasteiger partial charge in [0.25, 0.3) is 20.2 Å². The van der Waals surface area contributed by atoms with Gasteiger partial charge in [-0.2, -0.15) is 16.8 Å². The fourth-order valence-electron chi connectivity index (χ4n) is 4.04. The largest absolute Gasteiger partial charge is 0.507 e. The lowest BCUT2D eigenvalue weighted by Gasteiger charge is -2.18. The van der Waals surface area contributed by atoms with E-state index in [1.165, 1.54) is 50.2 Å². The standard InChI is InChI=1S/C24H22N4O10S2/c1-11(29)26-13-4-6-16-17(7-13)19(31)9-22(40(35,36)37)24(16)28-38-20-10-21(39(32,33)34)23(25)18-8-14(27-12(2)30)3-5-15(18)20/h3-10,28,31H,25H2,1-2H3,(H,26,29)(H,27,30)(H,32,33,34)(H,35,36,37). The third-order valence-corrected chi connectivity index (χ3v) is 7.41. The number of anilines is 4. The summed E-state index contributed by atoms with van der Waals surface area (Å²) in [6, 6.07) is 9.98.